The number of halogens is 4. The van der Waals surface area contributed by atoms with Gasteiger partial charge in [0.25, 0.3) is 0 Å². The largest absolute Gasteiger partial charge is 0.207 e. The molecule has 0 aliphatic heterocycles. The molecule has 0 heterocycles. The summed E-state index contributed by atoms with van der Waals surface area (Å²) in [6, 6.07) is 9.45. The summed E-state index contributed by atoms with van der Waals surface area (Å²) in [6.45, 7) is 0. The third kappa shape index (κ3) is 2.73. The van der Waals surface area contributed by atoms with Crippen LogP contribution in [0, 0.1) is 17.5 Å². The number of benzene rings is 2. The van der Waals surface area contributed by atoms with E-state index in [1.165, 1.54) is 5.56 Å². The van der Waals surface area contributed by atoms with Crippen LogP contribution in [0.25, 0.3) is 0 Å². The Labute approximate surface area is 130 Å². The molecule has 0 bridgehead atoms. The summed E-state index contributed by atoms with van der Waals surface area (Å²) < 4.78 is 41.0. The third-order valence-corrected chi connectivity index (χ3v) is 5.18. The van der Waals surface area contributed by atoms with Gasteiger partial charge in [0.15, 0.2) is 0 Å². The van der Waals surface area contributed by atoms with Gasteiger partial charge in [-0.15, -0.1) is 0 Å². The van der Waals surface area contributed by atoms with Gasteiger partial charge in [-0.05, 0) is 30.4 Å². The van der Waals surface area contributed by atoms with E-state index in [1.807, 2.05) is 18.2 Å². The maximum Gasteiger partial charge on any atom is 0.133 e. The highest BCUT2D eigenvalue weighted by Gasteiger charge is 2.31. The summed E-state index contributed by atoms with van der Waals surface area (Å²) in [7, 11) is 0. The summed E-state index contributed by atoms with van der Waals surface area (Å²) in [5, 5.41) is 0. The Balaban J connectivity index is 2.03. The Kier molecular flexibility index (Phi) is 4.07. The van der Waals surface area contributed by atoms with Gasteiger partial charge in [-0.2, -0.15) is 0 Å². The number of hydrogen-bond donors (Lipinski definition) is 0. The van der Waals surface area contributed by atoms with Gasteiger partial charge in [0.2, 0.25) is 0 Å². The summed E-state index contributed by atoms with van der Waals surface area (Å²) >= 11 is 3.44. The molecular weight excluding hydrogens is 341 g/mol. The monoisotopic (exact) mass is 354 g/mol. The Hall–Kier alpha value is -1.29. The fraction of sp³-hybridized carbons (Fsp3) is 0.294. The van der Waals surface area contributed by atoms with Gasteiger partial charge in [-0.25, -0.2) is 13.2 Å². The van der Waals surface area contributed by atoms with Crippen molar-refractivity contribution >= 4 is 15.9 Å². The number of alkyl halides is 1. The Morgan fingerprint density at radius 1 is 1.05 bits per heavy atom. The Morgan fingerprint density at radius 3 is 2.43 bits per heavy atom. The predicted molar refractivity (Wildman–Crippen MR) is 80.1 cm³/mol. The van der Waals surface area contributed by atoms with Crippen molar-refractivity contribution in [2.24, 2.45) is 0 Å². The van der Waals surface area contributed by atoms with E-state index in [-0.39, 0.29) is 11.5 Å². The fourth-order valence-corrected chi connectivity index (χ4v) is 4.10. The van der Waals surface area contributed by atoms with Crippen LogP contribution < -0.4 is 0 Å². The van der Waals surface area contributed by atoms with Gasteiger partial charge in [-0.1, -0.05) is 40.2 Å². The molecule has 0 nitrogen and oxygen atoms in total. The second kappa shape index (κ2) is 5.84. The Morgan fingerprint density at radius 2 is 1.71 bits per heavy atom. The van der Waals surface area contributed by atoms with Gasteiger partial charge in [0.05, 0.1) is 4.83 Å². The smallest absolute Gasteiger partial charge is 0.133 e. The molecule has 0 radical (unpaired) electrons. The van der Waals surface area contributed by atoms with E-state index in [0.717, 1.165) is 37.0 Å². The van der Waals surface area contributed by atoms with Gasteiger partial charge in [0.1, 0.15) is 17.5 Å². The molecule has 0 N–H and O–H groups in total. The van der Waals surface area contributed by atoms with E-state index >= 15 is 0 Å². The molecule has 1 aliphatic carbocycles. The quantitative estimate of drug-likeness (QED) is 0.610. The molecule has 0 aromatic heterocycles. The molecule has 1 aliphatic rings. The second-order valence-electron chi connectivity index (χ2n) is 5.38. The minimum Gasteiger partial charge on any atom is -0.207 e. The van der Waals surface area contributed by atoms with E-state index in [0.29, 0.717) is 0 Å². The number of aryl methyl sites for hydroxylation is 1. The summed E-state index contributed by atoms with van der Waals surface area (Å²) in [5.41, 5.74) is 2.26. The SMILES string of the molecule is Fc1cc(F)c(C(Br)C2CCCc3ccccc32)c(F)c1. The number of hydrogen-bond acceptors (Lipinski definition) is 0. The van der Waals surface area contributed by atoms with Crippen LogP contribution in [-0.4, -0.2) is 0 Å². The number of rotatable bonds is 2. The van der Waals surface area contributed by atoms with Crippen LogP contribution in [0.2, 0.25) is 0 Å². The molecule has 0 fully saturated rings. The molecule has 2 aromatic carbocycles. The lowest BCUT2D eigenvalue weighted by molar-refractivity contribution is 0.488. The predicted octanol–water partition coefficient (Wildman–Crippen LogP) is 5.66. The molecule has 0 spiro atoms. The van der Waals surface area contributed by atoms with E-state index in [1.54, 1.807) is 0 Å². The molecular formula is C17H14BrF3. The van der Waals surface area contributed by atoms with Crippen molar-refractivity contribution in [3.05, 3.63) is 70.5 Å². The Bertz CT molecular complexity index is 646. The van der Waals surface area contributed by atoms with Crippen LogP contribution in [0.1, 0.15) is 40.3 Å². The van der Waals surface area contributed by atoms with Gasteiger partial charge in [0, 0.05) is 23.6 Å². The van der Waals surface area contributed by atoms with E-state index in [4.69, 9.17) is 0 Å². The average molecular weight is 355 g/mol. The van der Waals surface area contributed by atoms with Crippen molar-refractivity contribution in [1.29, 1.82) is 0 Å². The van der Waals surface area contributed by atoms with E-state index in [2.05, 4.69) is 22.0 Å². The highest BCUT2D eigenvalue weighted by Crippen LogP contribution is 2.46. The summed E-state index contributed by atoms with van der Waals surface area (Å²) in [6.07, 6.45) is 2.82. The minimum absolute atomic E-state index is 0.00980. The molecule has 4 heteroatoms. The first-order chi connectivity index (χ1) is 10.1. The van der Waals surface area contributed by atoms with Gasteiger partial charge < -0.3 is 0 Å². The molecule has 3 rings (SSSR count). The van der Waals surface area contributed by atoms with Gasteiger partial charge >= 0.3 is 0 Å². The van der Waals surface area contributed by atoms with Crippen molar-refractivity contribution in [3.8, 4) is 0 Å². The maximum atomic E-state index is 14.0. The fourth-order valence-electron chi connectivity index (χ4n) is 3.11. The van der Waals surface area contributed by atoms with Crippen LogP contribution in [-0.2, 0) is 6.42 Å². The molecule has 110 valence electrons. The van der Waals surface area contributed by atoms with Crippen molar-refractivity contribution < 1.29 is 13.2 Å². The highest BCUT2D eigenvalue weighted by atomic mass is 79.9. The molecule has 2 aromatic rings. The maximum absolute atomic E-state index is 14.0. The standard InChI is InChI=1S/C17H14BrF3/c18-17(16-14(20)8-11(19)9-15(16)21)13-7-3-5-10-4-1-2-6-12(10)13/h1-2,4,6,8-9,13,17H,3,5,7H2. The zero-order valence-corrected chi connectivity index (χ0v) is 12.8. The zero-order valence-electron chi connectivity index (χ0n) is 11.3. The summed E-state index contributed by atoms with van der Waals surface area (Å²) in [4.78, 5) is -0.500. The lowest BCUT2D eigenvalue weighted by Crippen LogP contribution is -2.16. The van der Waals surface area contributed by atoms with Crippen molar-refractivity contribution in [2.45, 2.75) is 30.0 Å². The first-order valence-electron chi connectivity index (χ1n) is 6.94. The van der Waals surface area contributed by atoms with Crippen LogP contribution in [0.4, 0.5) is 13.2 Å². The van der Waals surface area contributed by atoms with Crippen molar-refractivity contribution in [1.82, 2.24) is 0 Å². The van der Waals surface area contributed by atoms with Crippen LogP contribution in [0.5, 0.6) is 0 Å². The molecule has 0 amide bonds. The van der Waals surface area contributed by atoms with Crippen molar-refractivity contribution in [2.75, 3.05) is 0 Å². The van der Waals surface area contributed by atoms with E-state index in [9.17, 15) is 13.2 Å². The first-order valence-corrected chi connectivity index (χ1v) is 7.86. The molecule has 2 unspecified atom stereocenters. The van der Waals surface area contributed by atoms with Crippen LogP contribution in [0.15, 0.2) is 36.4 Å². The normalized spacial score (nSPS) is 19.1. The minimum atomic E-state index is -0.891. The van der Waals surface area contributed by atoms with Crippen LogP contribution >= 0.6 is 15.9 Å². The van der Waals surface area contributed by atoms with Gasteiger partial charge in [-0.3, -0.25) is 0 Å². The molecule has 0 saturated heterocycles. The lowest BCUT2D eigenvalue weighted by atomic mass is 9.79. The van der Waals surface area contributed by atoms with Crippen LogP contribution in [0.3, 0.4) is 0 Å². The van der Waals surface area contributed by atoms with Crippen molar-refractivity contribution in [3.63, 3.8) is 0 Å². The molecule has 0 saturated carbocycles. The number of fused-ring (bicyclic) bond motifs is 1. The molecule has 2 atom stereocenters. The second-order valence-corrected chi connectivity index (χ2v) is 6.37. The zero-order chi connectivity index (χ0) is 15.0. The first kappa shape index (κ1) is 14.6. The average Bonchev–Trinajstić information content (AvgIpc) is 2.45. The summed E-state index contributed by atoms with van der Waals surface area (Å²) in [5.74, 6) is -2.57. The van der Waals surface area contributed by atoms with E-state index < -0.39 is 22.3 Å². The third-order valence-electron chi connectivity index (χ3n) is 4.09. The highest BCUT2D eigenvalue weighted by molar-refractivity contribution is 9.09. The topological polar surface area (TPSA) is 0 Å². The molecule has 21 heavy (non-hydrogen) atoms. The lowest BCUT2D eigenvalue weighted by Gasteiger charge is -2.30.